The zero-order valence-corrected chi connectivity index (χ0v) is 10.7. The molecule has 0 unspecified atom stereocenters. The van der Waals surface area contributed by atoms with Gasteiger partial charge < -0.3 is 10.1 Å². The average molecular weight is 318 g/mol. The van der Waals surface area contributed by atoms with Gasteiger partial charge in [0.2, 0.25) is 0 Å². The van der Waals surface area contributed by atoms with E-state index in [0.717, 1.165) is 22.4 Å². The third-order valence-corrected chi connectivity index (χ3v) is 3.16. The van der Waals surface area contributed by atoms with Crippen molar-refractivity contribution in [2.24, 2.45) is 0 Å². The van der Waals surface area contributed by atoms with Crippen molar-refractivity contribution in [2.45, 2.75) is 25.6 Å². The Bertz CT molecular complexity index is 296. The molecule has 1 saturated heterocycles. The highest BCUT2D eigenvalue weighted by atomic mass is 127. The molecule has 0 saturated carbocycles. The fourth-order valence-electron chi connectivity index (χ4n) is 1.67. The van der Waals surface area contributed by atoms with E-state index in [4.69, 9.17) is 4.74 Å². The number of nitrogens with zero attached hydrogens (tertiary/aromatic N) is 1. The van der Waals surface area contributed by atoms with Crippen molar-refractivity contribution in [1.82, 2.24) is 10.3 Å². The molecule has 0 aromatic carbocycles. The summed E-state index contributed by atoms with van der Waals surface area (Å²) in [6.07, 6.45) is 4.65. The molecule has 1 aromatic rings. The monoisotopic (exact) mass is 318 g/mol. The van der Waals surface area contributed by atoms with Crippen LogP contribution in [0.4, 0.5) is 0 Å². The first-order valence-electron chi connectivity index (χ1n) is 5.27. The standard InChI is InChI=1S/C11H15IN2O/c12-11-4-3-9(6-14-11)8-15-10-2-1-5-13-7-10/h3-4,6,10,13H,1-2,5,7-8H2/t10-/m1/s1. The minimum absolute atomic E-state index is 0.373. The van der Waals surface area contributed by atoms with Gasteiger partial charge in [0.05, 0.1) is 12.7 Å². The first-order chi connectivity index (χ1) is 7.34. The SMILES string of the molecule is Ic1ccc(CO[C@@H]2CCCNC2)cn1. The van der Waals surface area contributed by atoms with E-state index in [1.807, 2.05) is 12.3 Å². The first-order valence-corrected chi connectivity index (χ1v) is 6.35. The van der Waals surface area contributed by atoms with Gasteiger partial charge in [0, 0.05) is 12.7 Å². The molecule has 0 radical (unpaired) electrons. The Balaban J connectivity index is 1.79. The number of rotatable bonds is 3. The van der Waals surface area contributed by atoms with Crippen LogP contribution in [-0.4, -0.2) is 24.2 Å². The number of aromatic nitrogens is 1. The Morgan fingerprint density at radius 1 is 1.53 bits per heavy atom. The molecule has 4 heteroatoms. The third kappa shape index (κ3) is 3.70. The van der Waals surface area contributed by atoms with Crippen LogP contribution in [0.15, 0.2) is 18.3 Å². The van der Waals surface area contributed by atoms with Crippen LogP contribution in [-0.2, 0) is 11.3 Å². The quantitative estimate of drug-likeness (QED) is 0.683. The van der Waals surface area contributed by atoms with Crippen molar-refractivity contribution in [3.05, 3.63) is 27.6 Å². The molecule has 0 aliphatic carbocycles. The lowest BCUT2D eigenvalue weighted by molar-refractivity contribution is 0.0251. The number of piperidine rings is 1. The van der Waals surface area contributed by atoms with Crippen molar-refractivity contribution in [2.75, 3.05) is 13.1 Å². The number of hydrogen-bond donors (Lipinski definition) is 1. The van der Waals surface area contributed by atoms with Crippen LogP contribution in [0.25, 0.3) is 0 Å². The van der Waals surface area contributed by atoms with Crippen molar-refractivity contribution >= 4 is 22.6 Å². The van der Waals surface area contributed by atoms with Gasteiger partial charge in [0.15, 0.2) is 0 Å². The maximum atomic E-state index is 5.80. The van der Waals surface area contributed by atoms with Gasteiger partial charge in [-0.15, -0.1) is 0 Å². The summed E-state index contributed by atoms with van der Waals surface area (Å²) in [6.45, 7) is 2.79. The molecule has 15 heavy (non-hydrogen) atoms. The lowest BCUT2D eigenvalue weighted by Gasteiger charge is -2.22. The van der Waals surface area contributed by atoms with Crippen LogP contribution >= 0.6 is 22.6 Å². The molecule has 2 rings (SSSR count). The Kier molecular flexibility index (Phi) is 4.34. The Morgan fingerprint density at radius 2 is 2.47 bits per heavy atom. The van der Waals surface area contributed by atoms with E-state index in [1.165, 1.54) is 12.8 Å². The molecule has 0 spiro atoms. The number of ether oxygens (including phenoxy) is 1. The van der Waals surface area contributed by atoms with Crippen LogP contribution in [0.1, 0.15) is 18.4 Å². The zero-order chi connectivity index (χ0) is 10.5. The summed E-state index contributed by atoms with van der Waals surface area (Å²) in [4.78, 5) is 4.23. The van der Waals surface area contributed by atoms with Gasteiger partial charge in [0.25, 0.3) is 0 Å². The second-order valence-corrected chi connectivity index (χ2v) is 4.87. The summed E-state index contributed by atoms with van der Waals surface area (Å²) in [7, 11) is 0. The molecule has 1 aliphatic rings. The van der Waals surface area contributed by atoms with Gasteiger partial charge in [0.1, 0.15) is 3.70 Å². The number of nitrogens with one attached hydrogen (secondary N) is 1. The van der Waals surface area contributed by atoms with Crippen LogP contribution < -0.4 is 5.32 Å². The van der Waals surface area contributed by atoms with Gasteiger partial charge in [-0.1, -0.05) is 6.07 Å². The highest BCUT2D eigenvalue weighted by Gasteiger charge is 2.12. The summed E-state index contributed by atoms with van der Waals surface area (Å²) >= 11 is 2.21. The summed E-state index contributed by atoms with van der Waals surface area (Å²) in [5.41, 5.74) is 1.15. The summed E-state index contributed by atoms with van der Waals surface area (Å²) in [5, 5.41) is 3.34. The predicted octanol–water partition coefficient (Wildman–Crippen LogP) is 1.95. The Morgan fingerprint density at radius 3 is 3.13 bits per heavy atom. The number of pyridine rings is 1. The molecule has 82 valence electrons. The average Bonchev–Trinajstić information content (AvgIpc) is 2.30. The highest BCUT2D eigenvalue weighted by molar-refractivity contribution is 14.1. The molecule has 2 heterocycles. The van der Waals surface area contributed by atoms with Gasteiger partial charge in [-0.05, 0) is 53.6 Å². The molecular weight excluding hydrogens is 303 g/mol. The molecular formula is C11H15IN2O. The van der Waals surface area contributed by atoms with Crippen LogP contribution in [0.2, 0.25) is 0 Å². The Labute approximate surface area is 104 Å². The smallest absolute Gasteiger partial charge is 0.101 e. The fraction of sp³-hybridized carbons (Fsp3) is 0.545. The van der Waals surface area contributed by atoms with E-state index in [1.54, 1.807) is 0 Å². The number of hydrogen-bond acceptors (Lipinski definition) is 3. The van der Waals surface area contributed by atoms with E-state index in [9.17, 15) is 0 Å². The maximum absolute atomic E-state index is 5.80. The lowest BCUT2D eigenvalue weighted by Crippen LogP contribution is -2.35. The second-order valence-electron chi connectivity index (χ2n) is 3.77. The molecule has 1 atom stereocenters. The normalized spacial score (nSPS) is 21.5. The highest BCUT2D eigenvalue weighted by Crippen LogP contribution is 2.10. The minimum atomic E-state index is 0.373. The number of halogens is 1. The molecule has 0 bridgehead atoms. The minimum Gasteiger partial charge on any atom is -0.372 e. The van der Waals surface area contributed by atoms with Crippen molar-refractivity contribution in [1.29, 1.82) is 0 Å². The summed E-state index contributed by atoms with van der Waals surface area (Å²) < 4.78 is 6.83. The van der Waals surface area contributed by atoms with E-state index in [0.29, 0.717) is 12.7 Å². The predicted molar refractivity (Wildman–Crippen MR) is 67.6 cm³/mol. The fourth-order valence-corrected chi connectivity index (χ4v) is 1.99. The zero-order valence-electron chi connectivity index (χ0n) is 8.58. The lowest BCUT2D eigenvalue weighted by atomic mass is 10.1. The molecule has 1 fully saturated rings. The van der Waals surface area contributed by atoms with Gasteiger partial charge in [-0.3, -0.25) is 0 Å². The van der Waals surface area contributed by atoms with E-state index >= 15 is 0 Å². The second kappa shape index (κ2) is 5.77. The third-order valence-electron chi connectivity index (χ3n) is 2.53. The van der Waals surface area contributed by atoms with Crippen molar-refractivity contribution in [3.63, 3.8) is 0 Å². The molecule has 1 aromatic heterocycles. The molecule has 1 N–H and O–H groups in total. The summed E-state index contributed by atoms with van der Waals surface area (Å²) in [6, 6.07) is 4.09. The summed E-state index contributed by atoms with van der Waals surface area (Å²) in [5.74, 6) is 0. The largest absolute Gasteiger partial charge is 0.372 e. The van der Waals surface area contributed by atoms with E-state index in [-0.39, 0.29) is 0 Å². The van der Waals surface area contributed by atoms with Crippen molar-refractivity contribution < 1.29 is 4.74 Å². The van der Waals surface area contributed by atoms with Crippen molar-refractivity contribution in [3.8, 4) is 0 Å². The maximum Gasteiger partial charge on any atom is 0.101 e. The molecule has 1 aliphatic heterocycles. The van der Waals surface area contributed by atoms with E-state index in [2.05, 4.69) is 39.0 Å². The first kappa shape index (κ1) is 11.3. The molecule has 0 amide bonds. The van der Waals surface area contributed by atoms with Crippen LogP contribution in [0.5, 0.6) is 0 Å². The van der Waals surface area contributed by atoms with Crippen LogP contribution in [0, 0.1) is 3.70 Å². The van der Waals surface area contributed by atoms with Gasteiger partial charge in [-0.25, -0.2) is 4.98 Å². The Hall–Kier alpha value is -0.200. The topological polar surface area (TPSA) is 34.1 Å². The van der Waals surface area contributed by atoms with E-state index < -0.39 is 0 Å². The molecule has 3 nitrogen and oxygen atoms in total. The van der Waals surface area contributed by atoms with Gasteiger partial charge >= 0.3 is 0 Å². The van der Waals surface area contributed by atoms with Crippen LogP contribution in [0.3, 0.4) is 0 Å². The van der Waals surface area contributed by atoms with Gasteiger partial charge in [-0.2, -0.15) is 0 Å².